The normalized spacial score (nSPS) is 15.4. The number of aliphatic hydroxyl groups is 1. The molecule has 1 saturated carbocycles. The number of hydrogen-bond acceptors (Lipinski definition) is 4. The van der Waals surface area contributed by atoms with Crippen LogP contribution in [0.3, 0.4) is 0 Å². The summed E-state index contributed by atoms with van der Waals surface area (Å²) in [7, 11) is 3.30. The number of rotatable bonds is 8. The maximum atomic E-state index is 12.7. The van der Waals surface area contributed by atoms with Gasteiger partial charge in [-0.05, 0) is 30.5 Å². The van der Waals surface area contributed by atoms with Crippen LogP contribution in [0.2, 0.25) is 0 Å². The third-order valence-corrected chi connectivity index (χ3v) is 5.17. The highest BCUT2D eigenvalue weighted by Crippen LogP contribution is 2.54. The monoisotopic (exact) mass is 382 g/mol. The number of nitrogens with zero attached hydrogens (tertiary/aromatic N) is 1. The van der Waals surface area contributed by atoms with E-state index in [1.54, 1.807) is 38.4 Å². The zero-order chi connectivity index (χ0) is 20.1. The third kappa shape index (κ3) is 4.51. The lowest BCUT2D eigenvalue weighted by Crippen LogP contribution is -2.34. The summed E-state index contributed by atoms with van der Waals surface area (Å²) in [5.41, 5.74) is 0.910. The minimum absolute atomic E-state index is 0.131. The molecule has 0 bridgehead atoms. The molecule has 3 rings (SSSR count). The first-order valence-electron chi connectivity index (χ1n) is 9.36. The second-order valence-electron chi connectivity index (χ2n) is 7.43. The molecule has 0 aromatic heterocycles. The zero-order valence-electron chi connectivity index (χ0n) is 16.2. The van der Waals surface area contributed by atoms with Gasteiger partial charge in [0.15, 0.2) is 6.61 Å². The van der Waals surface area contributed by atoms with E-state index in [1.165, 1.54) is 4.90 Å². The van der Waals surface area contributed by atoms with E-state index in [4.69, 9.17) is 4.74 Å². The predicted octanol–water partition coefficient (Wildman–Crippen LogP) is 2.40. The van der Waals surface area contributed by atoms with Crippen LogP contribution in [0, 0.1) is 5.41 Å². The Morgan fingerprint density at radius 2 is 1.75 bits per heavy atom. The molecule has 1 atom stereocenters. The van der Waals surface area contributed by atoms with E-state index in [0.29, 0.717) is 17.9 Å². The molecule has 2 aromatic rings. The van der Waals surface area contributed by atoms with Crippen LogP contribution in [0.15, 0.2) is 54.6 Å². The van der Waals surface area contributed by atoms with Gasteiger partial charge in [-0.2, -0.15) is 0 Å². The summed E-state index contributed by atoms with van der Waals surface area (Å²) in [5, 5.41) is 13.7. The van der Waals surface area contributed by atoms with Gasteiger partial charge >= 0.3 is 0 Å². The molecule has 1 fully saturated rings. The fourth-order valence-electron chi connectivity index (χ4n) is 3.10. The number of amides is 2. The number of likely N-dealkylation sites (N-methyl/N-ethyl adjacent to an activating group) is 1. The van der Waals surface area contributed by atoms with Crippen molar-refractivity contribution in [3.63, 3.8) is 0 Å². The Hall–Kier alpha value is -2.86. The Bertz CT molecular complexity index is 831. The van der Waals surface area contributed by atoms with Crippen molar-refractivity contribution in [3.8, 4) is 5.75 Å². The molecule has 0 radical (unpaired) electrons. The van der Waals surface area contributed by atoms with E-state index >= 15 is 0 Å². The van der Waals surface area contributed by atoms with Crippen LogP contribution in [-0.2, 0) is 4.79 Å². The fourth-order valence-corrected chi connectivity index (χ4v) is 3.10. The van der Waals surface area contributed by atoms with Crippen molar-refractivity contribution in [2.75, 3.05) is 27.2 Å². The summed E-state index contributed by atoms with van der Waals surface area (Å²) in [6.45, 7) is 0.251. The molecule has 2 aromatic carbocycles. The van der Waals surface area contributed by atoms with Crippen molar-refractivity contribution in [1.82, 2.24) is 10.2 Å². The van der Waals surface area contributed by atoms with Crippen molar-refractivity contribution in [2.45, 2.75) is 18.9 Å². The molecule has 148 valence electrons. The van der Waals surface area contributed by atoms with Crippen LogP contribution < -0.4 is 10.1 Å². The van der Waals surface area contributed by atoms with Crippen molar-refractivity contribution >= 4 is 11.8 Å². The molecule has 0 aliphatic heterocycles. The summed E-state index contributed by atoms with van der Waals surface area (Å²) < 4.78 is 5.54. The lowest BCUT2D eigenvalue weighted by molar-refractivity contribution is -0.130. The predicted molar refractivity (Wildman–Crippen MR) is 106 cm³/mol. The highest BCUT2D eigenvalue weighted by atomic mass is 16.5. The van der Waals surface area contributed by atoms with Gasteiger partial charge < -0.3 is 20.1 Å². The van der Waals surface area contributed by atoms with Crippen LogP contribution in [-0.4, -0.2) is 49.1 Å². The van der Waals surface area contributed by atoms with Crippen molar-refractivity contribution in [2.24, 2.45) is 5.41 Å². The Morgan fingerprint density at radius 1 is 1.11 bits per heavy atom. The third-order valence-electron chi connectivity index (χ3n) is 5.17. The maximum Gasteiger partial charge on any atom is 0.259 e. The van der Waals surface area contributed by atoms with Crippen LogP contribution in [0.5, 0.6) is 5.75 Å². The Labute approximate surface area is 165 Å². The standard InChI is InChI=1S/C22H26N2O4/c1-24(2)19(25)14-28-18-11-7-6-10-17(18)21(27)23-15-22(12-13-22)20(26)16-8-4-3-5-9-16/h3-11,20,26H,12-15H2,1-2H3,(H,23,27). The molecule has 0 saturated heterocycles. The molecule has 6 nitrogen and oxygen atoms in total. The van der Waals surface area contributed by atoms with E-state index < -0.39 is 6.10 Å². The molecular formula is C22H26N2O4. The van der Waals surface area contributed by atoms with Gasteiger partial charge in [-0.25, -0.2) is 0 Å². The van der Waals surface area contributed by atoms with Crippen LogP contribution in [0.4, 0.5) is 0 Å². The number of carbonyl (C=O) groups is 2. The van der Waals surface area contributed by atoms with Crippen molar-refractivity contribution in [1.29, 1.82) is 0 Å². The molecule has 28 heavy (non-hydrogen) atoms. The number of aliphatic hydroxyl groups excluding tert-OH is 1. The topological polar surface area (TPSA) is 78.9 Å². The second-order valence-corrected chi connectivity index (χ2v) is 7.43. The number of benzene rings is 2. The largest absolute Gasteiger partial charge is 0.483 e. The molecule has 1 aliphatic carbocycles. The molecule has 2 amide bonds. The SMILES string of the molecule is CN(C)C(=O)COc1ccccc1C(=O)NCC1(C(O)c2ccccc2)CC1. The first-order valence-corrected chi connectivity index (χ1v) is 9.36. The highest BCUT2D eigenvalue weighted by molar-refractivity contribution is 5.97. The molecule has 6 heteroatoms. The highest BCUT2D eigenvalue weighted by Gasteiger charge is 2.49. The molecule has 1 unspecified atom stereocenters. The van der Waals surface area contributed by atoms with E-state index in [1.807, 2.05) is 30.3 Å². The van der Waals surface area contributed by atoms with Gasteiger partial charge in [-0.3, -0.25) is 9.59 Å². The summed E-state index contributed by atoms with van der Waals surface area (Å²) in [6.07, 6.45) is 1.11. The number of carbonyl (C=O) groups excluding carboxylic acids is 2. The van der Waals surface area contributed by atoms with Crippen LogP contribution in [0.25, 0.3) is 0 Å². The van der Waals surface area contributed by atoms with Crippen LogP contribution >= 0.6 is 0 Å². The summed E-state index contributed by atoms with van der Waals surface area (Å²) in [4.78, 5) is 25.9. The molecular weight excluding hydrogens is 356 g/mol. The lowest BCUT2D eigenvalue weighted by atomic mass is 9.92. The Balaban J connectivity index is 1.63. The van der Waals surface area contributed by atoms with E-state index in [9.17, 15) is 14.7 Å². The minimum atomic E-state index is -0.613. The van der Waals surface area contributed by atoms with Gasteiger partial charge in [0.25, 0.3) is 11.8 Å². The summed E-state index contributed by atoms with van der Waals surface area (Å²) in [6, 6.07) is 16.4. The molecule has 0 heterocycles. The van der Waals surface area contributed by atoms with Gasteiger partial charge in [-0.15, -0.1) is 0 Å². The first kappa shape index (κ1) is 19.9. The Kier molecular flexibility index (Phi) is 5.99. The first-order chi connectivity index (χ1) is 13.4. The Morgan fingerprint density at radius 3 is 2.39 bits per heavy atom. The van der Waals surface area contributed by atoms with Crippen LogP contribution in [0.1, 0.15) is 34.9 Å². The summed E-state index contributed by atoms with van der Waals surface area (Å²) in [5.74, 6) is -0.0961. The smallest absolute Gasteiger partial charge is 0.259 e. The molecule has 2 N–H and O–H groups in total. The van der Waals surface area contributed by atoms with Gasteiger partial charge in [0.2, 0.25) is 0 Å². The average Bonchev–Trinajstić information content (AvgIpc) is 3.51. The molecule has 1 aliphatic rings. The average molecular weight is 382 g/mol. The van der Waals surface area contributed by atoms with Gasteiger partial charge in [0, 0.05) is 26.1 Å². The van der Waals surface area contributed by atoms with Gasteiger partial charge in [0.1, 0.15) is 5.75 Å². The van der Waals surface area contributed by atoms with Gasteiger partial charge in [-0.1, -0.05) is 42.5 Å². The van der Waals surface area contributed by atoms with Crippen molar-refractivity contribution < 1.29 is 19.4 Å². The van der Waals surface area contributed by atoms with E-state index in [-0.39, 0.29) is 23.8 Å². The van der Waals surface area contributed by atoms with E-state index in [2.05, 4.69) is 5.32 Å². The quantitative estimate of drug-likeness (QED) is 0.735. The fraction of sp³-hybridized carbons (Fsp3) is 0.364. The number of para-hydroxylation sites is 1. The number of nitrogens with one attached hydrogen (secondary N) is 1. The number of hydrogen-bond donors (Lipinski definition) is 2. The van der Waals surface area contributed by atoms with E-state index in [0.717, 1.165) is 18.4 Å². The maximum absolute atomic E-state index is 12.7. The van der Waals surface area contributed by atoms with Crippen molar-refractivity contribution in [3.05, 3.63) is 65.7 Å². The summed E-state index contributed by atoms with van der Waals surface area (Å²) >= 11 is 0. The zero-order valence-corrected chi connectivity index (χ0v) is 16.2. The van der Waals surface area contributed by atoms with Gasteiger partial charge in [0.05, 0.1) is 11.7 Å². The minimum Gasteiger partial charge on any atom is -0.483 e. The molecule has 0 spiro atoms. The lowest BCUT2D eigenvalue weighted by Gasteiger charge is -2.23. The number of ether oxygens (including phenoxy) is 1. The second kappa shape index (κ2) is 8.44.